The van der Waals surface area contributed by atoms with E-state index in [0.29, 0.717) is 0 Å². The quantitative estimate of drug-likeness (QED) is 0.615. The molecule has 0 aromatic carbocycles. The van der Waals surface area contributed by atoms with Gasteiger partial charge in [0.2, 0.25) is 5.91 Å². The Hall–Kier alpha value is -1.77. The highest BCUT2D eigenvalue weighted by molar-refractivity contribution is 8.14. The van der Waals surface area contributed by atoms with Gasteiger partial charge >= 0.3 is 11.9 Å². The molecule has 9 heteroatoms. The summed E-state index contributed by atoms with van der Waals surface area (Å²) in [6, 6.07) is -2.18. The first-order valence-electron chi connectivity index (χ1n) is 6.27. The fourth-order valence-electron chi connectivity index (χ4n) is 1.55. The second-order valence-corrected chi connectivity index (χ2v) is 6.48. The minimum absolute atomic E-state index is 0.226. The third-order valence-corrected chi connectivity index (χ3v) is 3.28. The van der Waals surface area contributed by atoms with Crippen LogP contribution in [0.1, 0.15) is 27.2 Å². The van der Waals surface area contributed by atoms with E-state index in [2.05, 4.69) is 10.6 Å². The number of carbonyl (C=O) groups excluding carboxylic acids is 3. The molecule has 1 aliphatic rings. The van der Waals surface area contributed by atoms with Crippen molar-refractivity contribution in [1.29, 1.82) is 0 Å². The number of rotatable bonds is 5. The number of carboxylic acid groups (broad SMARTS) is 1. The smallest absolute Gasteiger partial charge is 0.326 e. The van der Waals surface area contributed by atoms with Crippen LogP contribution in [0, 0.1) is 0 Å². The van der Waals surface area contributed by atoms with Crippen LogP contribution in [0.25, 0.3) is 0 Å². The van der Waals surface area contributed by atoms with E-state index < -0.39 is 42.0 Å². The molecule has 0 bridgehead atoms. The molecular weight excluding hydrogens is 300 g/mol. The number of thioether (sulfide) groups is 1. The number of hydrogen-bond donors (Lipinski definition) is 3. The fraction of sp³-hybridized carbons (Fsp3) is 0.667. The number of hydrogen-bond acceptors (Lipinski definition) is 6. The highest BCUT2D eigenvalue weighted by atomic mass is 32.2. The third-order valence-electron chi connectivity index (χ3n) is 2.40. The molecule has 0 aromatic rings. The molecule has 1 fully saturated rings. The van der Waals surface area contributed by atoms with Crippen molar-refractivity contribution in [2.45, 2.75) is 44.9 Å². The number of carboxylic acids is 1. The van der Waals surface area contributed by atoms with Crippen molar-refractivity contribution in [1.82, 2.24) is 10.6 Å². The van der Waals surface area contributed by atoms with Gasteiger partial charge in [-0.2, -0.15) is 0 Å². The molecule has 0 saturated carbocycles. The van der Waals surface area contributed by atoms with Crippen molar-refractivity contribution >= 4 is 34.8 Å². The van der Waals surface area contributed by atoms with Gasteiger partial charge in [-0.25, -0.2) is 4.79 Å². The summed E-state index contributed by atoms with van der Waals surface area (Å²) in [7, 11) is 0. The van der Waals surface area contributed by atoms with Crippen molar-refractivity contribution in [2.75, 3.05) is 5.75 Å². The van der Waals surface area contributed by atoms with E-state index in [1.54, 1.807) is 20.8 Å². The lowest BCUT2D eigenvalue weighted by Crippen LogP contribution is -2.50. The largest absolute Gasteiger partial charge is 0.480 e. The molecule has 2 atom stereocenters. The third kappa shape index (κ3) is 6.03. The summed E-state index contributed by atoms with van der Waals surface area (Å²) in [5.74, 6) is -2.47. The van der Waals surface area contributed by atoms with Crippen molar-refractivity contribution in [2.24, 2.45) is 0 Å². The molecule has 0 spiro atoms. The predicted octanol–water partition coefficient (Wildman–Crippen LogP) is 0.113. The zero-order valence-electron chi connectivity index (χ0n) is 12.0. The van der Waals surface area contributed by atoms with Crippen LogP contribution < -0.4 is 10.6 Å². The van der Waals surface area contributed by atoms with E-state index >= 15 is 0 Å². The summed E-state index contributed by atoms with van der Waals surface area (Å²) in [6.45, 7) is 4.97. The normalized spacial score (nSPS) is 19.6. The summed E-state index contributed by atoms with van der Waals surface area (Å²) in [5.41, 5.74) is -0.736. The summed E-state index contributed by atoms with van der Waals surface area (Å²) < 4.78 is 5.02. The Morgan fingerprint density at radius 3 is 2.52 bits per heavy atom. The van der Waals surface area contributed by atoms with Gasteiger partial charge in [0.25, 0.3) is 5.24 Å². The van der Waals surface area contributed by atoms with Crippen molar-refractivity contribution in [3.63, 3.8) is 0 Å². The maximum atomic E-state index is 11.8. The van der Waals surface area contributed by atoms with Gasteiger partial charge in [0.05, 0.1) is 6.42 Å². The van der Waals surface area contributed by atoms with Crippen LogP contribution in [-0.2, 0) is 19.1 Å². The van der Waals surface area contributed by atoms with E-state index in [1.807, 2.05) is 0 Å². The van der Waals surface area contributed by atoms with Crippen LogP contribution in [-0.4, -0.2) is 51.6 Å². The molecule has 1 rings (SSSR count). The number of nitrogens with one attached hydrogen (secondary N) is 2. The van der Waals surface area contributed by atoms with Gasteiger partial charge in [0, 0.05) is 5.75 Å². The highest BCUT2D eigenvalue weighted by Gasteiger charge is 2.32. The van der Waals surface area contributed by atoms with Crippen molar-refractivity contribution in [3.8, 4) is 0 Å². The zero-order valence-corrected chi connectivity index (χ0v) is 12.8. The second kappa shape index (κ2) is 6.79. The van der Waals surface area contributed by atoms with Gasteiger partial charge in [-0.15, -0.1) is 0 Å². The lowest BCUT2D eigenvalue weighted by molar-refractivity contribution is -0.158. The van der Waals surface area contributed by atoms with E-state index in [0.717, 1.165) is 11.8 Å². The van der Waals surface area contributed by atoms with E-state index in [1.165, 1.54) is 0 Å². The highest BCUT2D eigenvalue weighted by Crippen LogP contribution is 2.14. The lowest BCUT2D eigenvalue weighted by atomic mass is 10.1. The topological polar surface area (TPSA) is 122 Å². The van der Waals surface area contributed by atoms with Gasteiger partial charge in [-0.3, -0.25) is 14.4 Å². The molecule has 2 amide bonds. The standard InChI is InChI=1S/C12H18N2O6S/c1-12(2,3)20-8(15)4-6(10(17)18)13-9(16)7-5-21-11(19)14-7/h6-7H,4-5H2,1-3H3,(H,13,16)(H,14,19)(H,17,18)/t6-,7?/m0/s1. The molecule has 21 heavy (non-hydrogen) atoms. The molecule has 1 aliphatic heterocycles. The lowest BCUT2D eigenvalue weighted by Gasteiger charge is -2.22. The number of carbonyl (C=O) groups is 4. The number of esters is 1. The first-order chi connectivity index (χ1) is 9.58. The summed E-state index contributed by atoms with van der Waals surface area (Å²) in [5, 5.41) is 13.3. The summed E-state index contributed by atoms with van der Waals surface area (Å²) >= 11 is 0.941. The Morgan fingerprint density at radius 2 is 2.10 bits per heavy atom. The van der Waals surface area contributed by atoms with Crippen molar-refractivity contribution in [3.05, 3.63) is 0 Å². The maximum absolute atomic E-state index is 11.8. The van der Waals surface area contributed by atoms with Gasteiger partial charge < -0.3 is 20.5 Å². The van der Waals surface area contributed by atoms with Crippen LogP contribution in [0.2, 0.25) is 0 Å². The molecule has 1 saturated heterocycles. The van der Waals surface area contributed by atoms with E-state index in [9.17, 15) is 19.2 Å². The number of amides is 2. The first kappa shape index (κ1) is 17.3. The number of ether oxygens (including phenoxy) is 1. The Morgan fingerprint density at radius 1 is 1.48 bits per heavy atom. The van der Waals surface area contributed by atoms with Crippen LogP contribution in [0.5, 0.6) is 0 Å². The Kier molecular flexibility index (Phi) is 5.59. The first-order valence-corrected chi connectivity index (χ1v) is 7.25. The Labute approximate surface area is 126 Å². The molecule has 0 aromatic heterocycles. The molecule has 118 valence electrons. The van der Waals surface area contributed by atoms with E-state index in [4.69, 9.17) is 9.84 Å². The minimum atomic E-state index is -1.39. The average molecular weight is 318 g/mol. The predicted molar refractivity (Wildman–Crippen MR) is 74.8 cm³/mol. The molecular formula is C12H18N2O6S. The summed E-state index contributed by atoms with van der Waals surface area (Å²) in [4.78, 5) is 45.5. The second-order valence-electron chi connectivity index (χ2n) is 5.49. The fourth-order valence-corrected chi connectivity index (χ4v) is 2.33. The van der Waals surface area contributed by atoms with Crippen molar-refractivity contribution < 1.29 is 29.0 Å². The van der Waals surface area contributed by atoms with Crippen LogP contribution in [0.4, 0.5) is 4.79 Å². The van der Waals surface area contributed by atoms with Crippen LogP contribution >= 0.6 is 11.8 Å². The zero-order chi connectivity index (χ0) is 16.2. The molecule has 0 radical (unpaired) electrons. The maximum Gasteiger partial charge on any atom is 0.326 e. The molecule has 0 aliphatic carbocycles. The van der Waals surface area contributed by atoms with Gasteiger partial charge in [-0.1, -0.05) is 11.8 Å². The average Bonchev–Trinajstić information content (AvgIpc) is 2.72. The Bertz CT molecular complexity index is 459. The molecule has 3 N–H and O–H groups in total. The van der Waals surface area contributed by atoms with Gasteiger partial charge in [0.15, 0.2) is 0 Å². The molecule has 1 unspecified atom stereocenters. The molecule has 8 nitrogen and oxygen atoms in total. The Balaban J connectivity index is 2.57. The van der Waals surface area contributed by atoms with Crippen LogP contribution in [0.15, 0.2) is 0 Å². The van der Waals surface area contributed by atoms with Gasteiger partial charge in [0.1, 0.15) is 17.7 Å². The van der Waals surface area contributed by atoms with Crippen LogP contribution in [0.3, 0.4) is 0 Å². The summed E-state index contributed by atoms with van der Waals surface area (Å²) in [6.07, 6.45) is -0.480. The van der Waals surface area contributed by atoms with Gasteiger partial charge in [-0.05, 0) is 20.8 Å². The van der Waals surface area contributed by atoms with E-state index in [-0.39, 0.29) is 11.0 Å². The molecule has 1 heterocycles. The monoisotopic (exact) mass is 318 g/mol. The number of aliphatic carboxylic acids is 1. The SMILES string of the molecule is CC(C)(C)OC(=O)C[C@H](NC(=O)C1CSC(=O)N1)C(=O)O. The minimum Gasteiger partial charge on any atom is -0.480 e.